The number of nitrogens with zero attached hydrogens (tertiary/aromatic N) is 1. The Hall–Kier alpha value is -3.17. The standard InChI is InChI=1S/C19H17N3O4S2/c1-26-17-5-2-4-14(12-17)13-20-21-19(23)15-7-9-16(10-8-15)22-28(24,25)18-6-3-11-27-18/h2-13,22H,1H3,(H,21,23)/b20-13-. The largest absolute Gasteiger partial charge is 0.497 e. The quantitative estimate of drug-likeness (QED) is 0.457. The summed E-state index contributed by atoms with van der Waals surface area (Å²) in [5.74, 6) is 0.280. The molecule has 0 spiro atoms. The van der Waals surface area contributed by atoms with Crippen molar-refractivity contribution in [2.45, 2.75) is 4.21 Å². The van der Waals surface area contributed by atoms with Crippen LogP contribution in [-0.4, -0.2) is 27.6 Å². The van der Waals surface area contributed by atoms with Crippen LogP contribution in [0.2, 0.25) is 0 Å². The Morgan fingerprint density at radius 3 is 2.57 bits per heavy atom. The van der Waals surface area contributed by atoms with E-state index < -0.39 is 15.9 Å². The van der Waals surface area contributed by atoms with E-state index in [1.54, 1.807) is 24.6 Å². The van der Waals surface area contributed by atoms with E-state index in [-0.39, 0.29) is 4.21 Å². The van der Waals surface area contributed by atoms with Crippen LogP contribution < -0.4 is 14.9 Å². The molecule has 7 nitrogen and oxygen atoms in total. The number of anilines is 1. The van der Waals surface area contributed by atoms with Crippen molar-refractivity contribution in [2.24, 2.45) is 5.10 Å². The third-order valence-corrected chi connectivity index (χ3v) is 6.41. The van der Waals surface area contributed by atoms with Crippen molar-refractivity contribution in [1.82, 2.24) is 5.43 Å². The number of amides is 1. The SMILES string of the molecule is COc1cccc(/C=N\NC(=O)c2ccc(NS(=O)(=O)c3cccs3)cc2)c1. The molecule has 9 heteroatoms. The molecule has 0 saturated heterocycles. The van der Waals surface area contributed by atoms with Gasteiger partial charge in [-0.1, -0.05) is 18.2 Å². The van der Waals surface area contributed by atoms with Crippen molar-refractivity contribution < 1.29 is 17.9 Å². The Balaban J connectivity index is 1.61. The second-order valence-corrected chi connectivity index (χ2v) is 8.45. The fourth-order valence-corrected chi connectivity index (χ4v) is 4.31. The molecule has 0 aliphatic rings. The number of hydrazone groups is 1. The van der Waals surface area contributed by atoms with Gasteiger partial charge in [0.1, 0.15) is 9.96 Å². The summed E-state index contributed by atoms with van der Waals surface area (Å²) in [7, 11) is -2.05. The number of sulfonamides is 1. The second kappa shape index (κ2) is 8.68. The van der Waals surface area contributed by atoms with Crippen molar-refractivity contribution in [3.05, 3.63) is 77.2 Å². The van der Waals surface area contributed by atoms with Gasteiger partial charge in [0.2, 0.25) is 0 Å². The molecule has 0 fully saturated rings. The first-order valence-corrected chi connectivity index (χ1v) is 10.5. The lowest BCUT2D eigenvalue weighted by molar-refractivity contribution is 0.0955. The molecule has 0 aliphatic heterocycles. The van der Waals surface area contributed by atoms with Gasteiger partial charge >= 0.3 is 0 Å². The normalized spacial score (nSPS) is 11.3. The lowest BCUT2D eigenvalue weighted by atomic mass is 10.2. The number of hydrogen-bond donors (Lipinski definition) is 2. The lowest BCUT2D eigenvalue weighted by Gasteiger charge is -2.07. The van der Waals surface area contributed by atoms with E-state index in [0.29, 0.717) is 17.0 Å². The maximum Gasteiger partial charge on any atom is 0.271 e. The van der Waals surface area contributed by atoms with Crippen LogP contribution in [0.5, 0.6) is 5.75 Å². The first-order valence-electron chi connectivity index (χ1n) is 8.12. The minimum atomic E-state index is -3.62. The predicted octanol–water partition coefficient (Wildman–Crippen LogP) is 3.32. The van der Waals surface area contributed by atoms with Crippen molar-refractivity contribution >= 4 is 39.2 Å². The van der Waals surface area contributed by atoms with Gasteiger partial charge in [-0.05, 0) is 53.4 Å². The fourth-order valence-electron chi connectivity index (χ4n) is 2.26. The highest BCUT2D eigenvalue weighted by atomic mass is 32.2. The van der Waals surface area contributed by atoms with Crippen molar-refractivity contribution in [1.29, 1.82) is 0 Å². The molecule has 0 saturated carbocycles. The third kappa shape index (κ3) is 4.96. The molecule has 3 rings (SSSR count). The summed E-state index contributed by atoms with van der Waals surface area (Å²) in [6.45, 7) is 0. The first-order chi connectivity index (χ1) is 13.5. The van der Waals surface area contributed by atoms with E-state index in [1.165, 1.54) is 36.5 Å². The van der Waals surface area contributed by atoms with Gasteiger partial charge in [0.25, 0.3) is 15.9 Å². The van der Waals surface area contributed by atoms with Crippen LogP contribution >= 0.6 is 11.3 Å². The number of carbonyl (C=O) groups is 1. The molecular formula is C19H17N3O4S2. The zero-order chi connectivity index (χ0) is 20.0. The molecule has 0 atom stereocenters. The number of rotatable bonds is 7. The van der Waals surface area contributed by atoms with E-state index in [0.717, 1.165) is 16.9 Å². The lowest BCUT2D eigenvalue weighted by Crippen LogP contribution is -2.17. The van der Waals surface area contributed by atoms with Gasteiger partial charge in [-0.3, -0.25) is 9.52 Å². The molecule has 1 amide bonds. The summed E-state index contributed by atoms with van der Waals surface area (Å²) in [5, 5.41) is 5.61. The highest BCUT2D eigenvalue weighted by molar-refractivity contribution is 7.94. The van der Waals surface area contributed by atoms with Crippen LogP contribution in [0, 0.1) is 0 Å². The van der Waals surface area contributed by atoms with Gasteiger partial charge in [0.15, 0.2) is 0 Å². The van der Waals surface area contributed by atoms with Gasteiger partial charge in [-0.25, -0.2) is 13.8 Å². The van der Waals surface area contributed by atoms with Gasteiger partial charge in [0, 0.05) is 11.3 Å². The predicted molar refractivity (Wildman–Crippen MR) is 110 cm³/mol. The number of hydrogen-bond acceptors (Lipinski definition) is 6. The molecule has 1 heterocycles. The molecule has 3 aromatic rings. The van der Waals surface area contributed by atoms with Crippen molar-refractivity contribution in [2.75, 3.05) is 11.8 Å². The number of methoxy groups -OCH3 is 1. The van der Waals surface area contributed by atoms with Crippen LogP contribution in [-0.2, 0) is 10.0 Å². The third-order valence-electron chi connectivity index (χ3n) is 3.63. The molecule has 0 radical (unpaired) electrons. The summed E-state index contributed by atoms with van der Waals surface area (Å²) in [5.41, 5.74) is 3.92. The topological polar surface area (TPSA) is 96.9 Å². The Bertz CT molecular complexity index is 1080. The summed E-state index contributed by atoms with van der Waals surface area (Å²) < 4.78 is 32.2. The van der Waals surface area contributed by atoms with E-state index in [9.17, 15) is 13.2 Å². The highest BCUT2D eigenvalue weighted by Crippen LogP contribution is 2.20. The first kappa shape index (κ1) is 19.6. The maximum absolute atomic E-state index is 12.2. The average molecular weight is 415 g/mol. The number of carbonyl (C=O) groups excluding carboxylic acids is 1. The summed E-state index contributed by atoms with van der Waals surface area (Å²) in [6, 6.07) is 16.5. The highest BCUT2D eigenvalue weighted by Gasteiger charge is 2.15. The summed E-state index contributed by atoms with van der Waals surface area (Å²) >= 11 is 1.13. The van der Waals surface area contributed by atoms with Crippen molar-refractivity contribution in [3.8, 4) is 5.75 Å². The fraction of sp³-hybridized carbons (Fsp3) is 0.0526. The number of benzene rings is 2. The molecule has 0 aliphatic carbocycles. The molecule has 1 aromatic heterocycles. The Morgan fingerprint density at radius 1 is 1.11 bits per heavy atom. The maximum atomic E-state index is 12.2. The molecule has 0 bridgehead atoms. The van der Waals surface area contributed by atoms with Gasteiger partial charge in [-0.15, -0.1) is 11.3 Å². The second-order valence-electron chi connectivity index (χ2n) is 5.59. The summed E-state index contributed by atoms with van der Waals surface area (Å²) in [4.78, 5) is 12.2. The van der Waals surface area contributed by atoms with Gasteiger partial charge in [0.05, 0.1) is 13.3 Å². The smallest absolute Gasteiger partial charge is 0.271 e. The molecule has 28 heavy (non-hydrogen) atoms. The van der Waals surface area contributed by atoms with E-state index in [4.69, 9.17) is 4.74 Å². The van der Waals surface area contributed by atoms with Crippen LogP contribution in [0.15, 0.2) is 75.4 Å². The number of thiophene rings is 1. The van der Waals surface area contributed by atoms with Crippen molar-refractivity contribution in [3.63, 3.8) is 0 Å². The number of ether oxygens (including phenoxy) is 1. The van der Waals surface area contributed by atoms with Crippen LogP contribution in [0.4, 0.5) is 5.69 Å². The molecule has 2 N–H and O–H groups in total. The zero-order valence-corrected chi connectivity index (χ0v) is 16.5. The molecule has 2 aromatic carbocycles. The summed E-state index contributed by atoms with van der Waals surface area (Å²) in [6.07, 6.45) is 1.50. The number of nitrogens with one attached hydrogen (secondary N) is 2. The minimum Gasteiger partial charge on any atom is -0.497 e. The van der Waals surface area contributed by atoms with Gasteiger partial charge < -0.3 is 4.74 Å². The van der Waals surface area contributed by atoms with Crippen LogP contribution in [0.1, 0.15) is 15.9 Å². The van der Waals surface area contributed by atoms with Gasteiger partial charge in [-0.2, -0.15) is 5.10 Å². The van der Waals surface area contributed by atoms with Crippen LogP contribution in [0.3, 0.4) is 0 Å². The molecular weight excluding hydrogens is 398 g/mol. The van der Waals surface area contributed by atoms with E-state index >= 15 is 0 Å². The van der Waals surface area contributed by atoms with Crippen LogP contribution in [0.25, 0.3) is 0 Å². The molecule has 0 unspecified atom stereocenters. The molecule has 144 valence electrons. The average Bonchev–Trinajstić information content (AvgIpc) is 3.24. The Labute approximate surface area is 166 Å². The monoisotopic (exact) mass is 415 g/mol. The minimum absolute atomic E-state index is 0.223. The zero-order valence-electron chi connectivity index (χ0n) is 14.8. The van der Waals surface area contributed by atoms with E-state index in [2.05, 4.69) is 15.2 Å². The van der Waals surface area contributed by atoms with E-state index in [1.807, 2.05) is 18.2 Å². The Morgan fingerprint density at radius 2 is 1.89 bits per heavy atom. The Kier molecular flexibility index (Phi) is 6.07.